The Kier molecular flexibility index (Phi) is 4.01. The molecule has 0 heterocycles. The molecule has 1 atom stereocenters. The Morgan fingerprint density at radius 3 is 2.05 bits per heavy atom. The van der Waals surface area contributed by atoms with Crippen LogP contribution in [0.4, 0.5) is 4.39 Å². The van der Waals surface area contributed by atoms with Gasteiger partial charge in [-0.05, 0) is 56.0 Å². The van der Waals surface area contributed by atoms with Crippen LogP contribution in [-0.2, 0) is 6.42 Å². The summed E-state index contributed by atoms with van der Waals surface area (Å²) in [6, 6.07) is 11.2. The Labute approximate surface area is 114 Å². The van der Waals surface area contributed by atoms with Crippen LogP contribution >= 0.6 is 0 Å². The topological polar surface area (TPSA) is 26.0 Å². The monoisotopic (exact) mass is 257 g/mol. The molecule has 0 saturated heterocycles. The summed E-state index contributed by atoms with van der Waals surface area (Å²) >= 11 is 0. The largest absolute Gasteiger partial charge is 0.324 e. The number of hydrogen-bond acceptors (Lipinski definition) is 1. The quantitative estimate of drug-likeness (QED) is 0.884. The SMILES string of the molecule is Cc1cc(C)cc(CC(N)c2cc(C)cc(F)c2)c1. The van der Waals surface area contributed by atoms with Crippen molar-refractivity contribution in [1.82, 2.24) is 0 Å². The molecular formula is C17H20FN. The van der Waals surface area contributed by atoms with Crippen molar-refractivity contribution in [2.24, 2.45) is 5.73 Å². The molecule has 0 amide bonds. The summed E-state index contributed by atoms with van der Waals surface area (Å²) in [6.07, 6.45) is 0.728. The summed E-state index contributed by atoms with van der Waals surface area (Å²) in [7, 11) is 0. The van der Waals surface area contributed by atoms with Crippen LogP contribution in [0.1, 0.15) is 33.9 Å². The van der Waals surface area contributed by atoms with Gasteiger partial charge >= 0.3 is 0 Å². The first-order valence-corrected chi connectivity index (χ1v) is 6.54. The molecule has 0 bridgehead atoms. The third-order valence-electron chi connectivity index (χ3n) is 3.23. The molecule has 0 aromatic heterocycles. The van der Waals surface area contributed by atoms with Crippen LogP contribution in [0.15, 0.2) is 36.4 Å². The standard InChI is InChI=1S/C17H20FN/c1-11-4-12(2)6-14(5-11)9-17(19)15-7-13(3)8-16(18)10-15/h4-8,10,17H,9,19H2,1-3H3. The summed E-state index contributed by atoms with van der Waals surface area (Å²) in [5, 5.41) is 0. The normalized spacial score (nSPS) is 12.5. The molecule has 0 aliphatic rings. The number of nitrogens with two attached hydrogens (primary N) is 1. The summed E-state index contributed by atoms with van der Waals surface area (Å²) in [5.41, 5.74) is 11.6. The van der Waals surface area contributed by atoms with Gasteiger partial charge in [0.2, 0.25) is 0 Å². The minimum Gasteiger partial charge on any atom is -0.324 e. The van der Waals surface area contributed by atoms with Crippen LogP contribution in [0.5, 0.6) is 0 Å². The van der Waals surface area contributed by atoms with E-state index in [2.05, 4.69) is 32.0 Å². The van der Waals surface area contributed by atoms with E-state index >= 15 is 0 Å². The lowest BCUT2D eigenvalue weighted by Gasteiger charge is -2.14. The molecule has 2 rings (SSSR count). The molecule has 0 saturated carbocycles. The molecule has 0 aliphatic carbocycles. The van der Waals surface area contributed by atoms with Gasteiger partial charge in [0.05, 0.1) is 0 Å². The highest BCUT2D eigenvalue weighted by Crippen LogP contribution is 2.20. The van der Waals surface area contributed by atoms with Crippen LogP contribution < -0.4 is 5.73 Å². The van der Waals surface area contributed by atoms with E-state index in [0.717, 1.165) is 17.5 Å². The van der Waals surface area contributed by atoms with Crippen molar-refractivity contribution < 1.29 is 4.39 Å². The summed E-state index contributed by atoms with van der Waals surface area (Å²) in [4.78, 5) is 0. The second-order valence-corrected chi connectivity index (χ2v) is 5.37. The van der Waals surface area contributed by atoms with E-state index < -0.39 is 0 Å². The molecule has 2 aromatic carbocycles. The lowest BCUT2D eigenvalue weighted by molar-refractivity contribution is 0.617. The third-order valence-corrected chi connectivity index (χ3v) is 3.23. The van der Waals surface area contributed by atoms with Crippen LogP contribution in [-0.4, -0.2) is 0 Å². The molecule has 2 N–H and O–H groups in total. The Balaban J connectivity index is 2.22. The van der Waals surface area contributed by atoms with Gasteiger partial charge in [-0.1, -0.05) is 35.4 Å². The van der Waals surface area contributed by atoms with Crippen LogP contribution in [0, 0.1) is 26.6 Å². The molecule has 0 aliphatic heterocycles. The number of hydrogen-bond donors (Lipinski definition) is 1. The van der Waals surface area contributed by atoms with Crippen molar-refractivity contribution in [3.8, 4) is 0 Å². The number of halogens is 1. The molecule has 1 unspecified atom stereocenters. The number of benzene rings is 2. The van der Waals surface area contributed by atoms with E-state index in [0.29, 0.717) is 0 Å². The van der Waals surface area contributed by atoms with Crippen LogP contribution in [0.25, 0.3) is 0 Å². The maximum absolute atomic E-state index is 13.4. The van der Waals surface area contributed by atoms with Gasteiger partial charge < -0.3 is 5.73 Å². The summed E-state index contributed by atoms with van der Waals surface area (Å²) in [5.74, 6) is -0.217. The molecule has 19 heavy (non-hydrogen) atoms. The maximum atomic E-state index is 13.4. The summed E-state index contributed by atoms with van der Waals surface area (Å²) < 4.78 is 13.4. The minimum absolute atomic E-state index is 0.171. The van der Waals surface area contributed by atoms with Crippen LogP contribution in [0.2, 0.25) is 0 Å². The zero-order valence-electron chi connectivity index (χ0n) is 11.7. The second-order valence-electron chi connectivity index (χ2n) is 5.37. The van der Waals surface area contributed by atoms with E-state index in [9.17, 15) is 4.39 Å². The number of aryl methyl sites for hydroxylation is 3. The Morgan fingerprint density at radius 1 is 0.895 bits per heavy atom. The highest BCUT2D eigenvalue weighted by Gasteiger charge is 2.09. The van der Waals surface area contributed by atoms with Crippen molar-refractivity contribution >= 4 is 0 Å². The van der Waals surface area contributed by atoms with Crippen molar-refractivity contribution in [3.05, 3.63) is 70.0 Å². The first kappa shape index (κ1) is 13.8. The molecule has 1 nitrogen and oxygen atoms in total. The maximum Gasteiger partial charge on any atom is 0.123 e. The lowest BCUT2D eigenvalue weighted by atomic mass is 9.96. The van der Waals surface area contributed by atoms with Gasteiger partial charge in [0, 0.05) is 6.04 Å². The zero-order chi connectivity index (χ0) is 14.0. The summed E-state index contributed by atoms with van der Waals surface area (Å²) in [6.45, 7) is 6.04. The fourth-order valence-electron chi connectivity index (χ4n) is 2.54. The fourth-order valence-corrected chi connectivity index (χ4v) is 2.54. The fraction of sp³-hybridized carbons (Fsp3) is 0.294. The van der Waals surface area contributed by atoms with E-state index in [1.165, 1.54) is 28.8 Å². The highest BCUT2D eigenvalue weighted by molar-refractivity contribution is 5.32. The van der Waals surface area contributed by atoms with Gasteiger partial charge in [-0.25, -0.2) is 4.39 Å². The van der Waals surface area contributed by atoms with Crippen molar-refractivity contribution in [1.29, 1.82) is 0 Å². The zero-order valence-corrected chi connectivity index (χ0v) is 11.7. The molecule has 0 spiro atoms. The average Bonchev–Trinajstić information content (AvgIpc) is 2.25. The van der Waals surface area contributed by atoms with Gasteiger partial charge in [-0.2, -0.15) is 0 Å². The molecule has 100 valence electrons. The molecule has 2 aromatic rings. The molecular weight excluding hydrogens is 237 g/mol. The van der Waals surface area contributed by atoms with Gasteiger partial charge in [0.25, 0.3) is 0 Å². The average molecular weight is 257 g/mol. The first-order chi connectivity index (χ1) is 8.94. The minimum atomic E-state index is -0.217. The van der Waals surface area contributed by atoms with E-state index in [1.807, 2.05) is 13.0 Å². The predicted molar refractivity (Wildman–Crippen MR) is 77.7 cm³/mol. The predicted octanol–water partition coefficient (Wildman–Crippen LogP) is 3.99. The van der Waals surface area contributed by atoms with E-state index in [-0.39, 0.29) is 11.9 Å². The Bertz CT molecular complexity index is 549. The third kappa shape index (κ3) is 3.65. The molecule has 0 fully saturated rings. The number of rotatable bonds is 3. The molecule has 0 radical (unpaired) electrons. The van der Waals surface area contributed by atoms with E-state index in [1.54, 1.807) is 0 Å². The van der Waals surface area contributed by atoms with Gasteiger partial charge in [-0.3, -0.25) is 0 Å². The second kappa shape index (κ2) is 5.54. The highest BCUT2D eigenvalue weighted by atomic mass is 19.1. The first-order valence-electron chi connectivity index (χ1n) is 6.54. The van der Waals surface area contributed by atoms with Gasteiger partial charge in [0.15, 0.2) is 0 Å². The lowest BCUT2D eigenvalue weighted by Crippen LogP contribution is -2.14. The van der Waals surface area contributed by atoms with Crippen molar-refractivity contribution in [2.75, 3.05) is 0 Å². The molecule has 2 heteroatoms. The Morgan fingerprint density at radius 2 is 1.47 bits per heavy atom. The van der Waals surface area contributed by atoms with E-state index in [4.69, 9.17) is 5.73 Å². The van der Waals surface area contributed by atoms with Crippen LogP contribution in [0.3, 0.4) is 0 Å². The van der Waals surface area contributed by atoms with Crippen molar-refractivity contribution in [2.45, 2.75) is 33.2 Å². The van der Waals surface area contributed by atoms with Crippen molar-refractivity contribution in [3.63, 3.8) is 0 Å². The van der Waals surface area contributed by atoms with Gasteiger partial charge in [-0.15, -0.1) is 0 Å². The van der Waals surface area contributed by atoms with Gasteiger partial charge in [0.1, 0.15) is 5.82 Å². The smallest absolute Gasteiger partial charge is 0.123 e. The Hall–Kier alpha value is -1.67.